The molecule has 0 spiro atoms. The van der Waals surface area contributed by atoms with Crippen LogP contribution in [0.15, 0.2) is 34.1 Å². The van der Waals surface area contributed by atoms with E-state index in [4.69, 9.17) is 9.11 Å². The molecule has 2 aromatic carbocycles. The van der Waals surface area contributed by atoms with Gasteiger partial charge in [-0.15, -0.1) is 0 Å². The van der Waals surface area contributed by atoms with Crippen LogP contribution in [0.1, 0.15) is 27.0 Å². The van der Waals surface area contributed by atoms with Crippen LogP contribution in [0, 0.1) is 25.5 Å². The second-order valence-electron chi connectivity index (χ2n) is 5.49. The van der Waals surface area contributed by atoms with Crippen molar-refractivity contribution < 1.29 is 39.5 Å². The normalized spacial score (nSPS) is 12.2. The largest absolute Gasteiger partial charge is 0.297 e. The second kappa shape index (κ2) is 6.50. The standard InChI is InChI=1S/C15H12F2O7S2/c1-7-3-9(5-11(13(7)16)25(19,20)21)15(18)10-4-8(2)14(17)12(6-10)26(22,23)24/h3-6H,1-2H3,(H,19,20,21)(H,22,23,24). The molecule has 0 saturated carbocycles. The van der Waals surface area contributed by atoms with Gasteiger partial charge in [-0.2, -0.15) is 16.8 Å². The fourth-order valence-corrected chi connectivity index (χ4v) is 3.61. The first kappa shape index (κ1) is 20.1. The molecular formula is C15H12F2O7S2. The first-order valence-corrected chi connectivity index (χ1v) is 9.71. The lowest BCUT2D eigenvalue weighted by atomic mass is 10.00. The highest BCUT2D eigenvalue weighted by molar-refractivity contribution is 7.86. The second-order valence-corrected chi connectivity index (χ2v) is 8.27. The Labute approximate surface area is 147 Å². The minimum Gasteiger partial charge on any atom is -0.289 e. The van der Waals surface area contributed by atoms with E-state index in [2.05, 4.69) is 0 Å². The molecule has 0 bridgehead atoms. The van der Waals surface area contributed by atoms with Crippen molar-refractivity contribution in [3.8, 4) is 0 Å². The molecule has 0 fully saturated rings. The SMILES string of the molecule is Cc1cc(C(=O)c2cc(C)c(F)c(S(=O)(=O)O)c2)cc(S(=O)(=O)O)c1F. The third-order valence-corrected chi connectivity index (χ3v) is 5.23. The van der Waals surface area contributed by atoms with Crippen molar-refractivity contribution in [1.29, 1.82) is 0 Å². The van der Waals surface area contributed by atoms with Crippen LogP contribution in [0.2, 0.25) is 0 Å². The molecule has 26 heavy (non-hydrogen) atoms. The van der Waals surface area contributed by atoms with E-state index in [1.807, 2.05) is 0 Å². The number of hydrogen-bond donors (Lipinski definition) is 2. The van der Waals surface area contributed by atoms with E-state index < -0.39 is 47.4 Å². The predicted octanol–water partition coefficient (Wildman–Crippen LogP) is 2.31. The smallest absolute Gasteiger partial charge is 0.289 e. The Balaban J connectivity index is 2.72. The molecule has 140 valence electrons. The molecule has 7 nitrogen and oxygen atoms in total. The van der Waals surface area contributed by atoms with Crippen LogP contribution >= 0.6 is 0 Å². The molecule has 0 aliphatic heterocycles. The summed E-state index contributed by atoms with van der Waals surface area (Å²) >= 11 is 0. The van der Waals surface area contributed by atoms with E-state index >= 15 is 0 Å². The van der Waals surface area contributed by atoms with E-state index in [0.717, 1.165) is 26.0 Å². The van der Waals surface area contributed by atoms with Gasteiger partial charge in [-0.1, -0.05) is 0 Å². The van der Waals surface area contributed by atoms with Crippen LogP contribution in [0.3, 0.4) is 0 Å². The quantitative estimate of drug-likeness (QED) is 0.589. The maximum atomic E-state index is 13.9. The summed E-state index contributed by atoms with van der Waals surface area (Å²) in [5.41, 5.74) is -1.30. The summed E-state index contributed by atoms with van der Waals surface area (Å²) in [7, 11) is -9.93. The number of benzene rings is 2. The van der Waals surface area contributed by atoms with Crippen LogP contribution < -0.4 is 0 Å². The highest BCUT2D eigenvalue weighted by Gasteiger charge is 2.24. The van der Waals surface area contributed by atoms with Gasteiger partial charge < -0.3 is 0 Å². The van der Waals surface area contributed by atoms with Gasteiger partial charge >= 0.3 is 0 Å². The lowest BCUT2D eigenvalue weighted by Crippen LogP contribution is -2.11. The summed E-state index contributed by atoms with van der Waals surface area (Å²) < 4.78 is 90.8. The maximum Gasteiger partial charge on any atom is 0.297 e. The molecule has 11 heteroatoms. The molecule has 0 radical (unpaired) electrons. The maximum absolute atomic E-state index is 13.9. The molecule has 0 aliphatic rings. The van der Waals surface area contributed by atoms with Crippen LogP contribution in [-0.2, 0) is 20.2 Å². The van der Waals surface area contributed by atoms with E-state index in [0.29, 0.717) is 12.1 Å². The summed E-state index contributed by atoms with van der Waals surface area (Å²) in [5.74, 6) is -3.47. The van der Waals surface area contributed by atoms with Gasteiger partial charge in [-0.25, -0.2) is 8.78 Å². The number of carbonyl (C=O) groups excluding carboxylic acids is 1. The summed E-state index contributed by atoms with van der Waals surface area (Å²) in [5, 5.41) is 0. The minimum atomic E-state index is -4.96. The summed E-state index contributed by atoms with van der Waals surface area (Å²) in [6.45, 7) is 2.31. The first-order valence-electron chi connectivity index (χ1n) is 6.83. The number of ketones is 1. The van der Waals surface area contributed by atoms with Crippen molar-refractivity contribution in [3.05, 3.63) is 58.2 Å². The Bertz CT molecular complexity index is 1050. The molecule has 0 aliphatic carbocycles. The predicted molar refractivity (Wildman–Crippen MR) is 85.3 cm³/mol. The van der Waals surface area contributed by atoms with E-state index in [9.17, 15) is 30.4 Å². The van der Waals surface area contributed by atoms with Crippen LogP contribution in [0.4, 0.5) is 8.78 Å². The highest BCUT2D eigenvalue weighted by atomic mass is 32.2. The number of rotatable bonds is 4. The van der Waals surface area contributed by atoms with E-state index in [1.54, 1.807) is 0 Å². The Morgan fingerprint density at radius 3 is 1.35 bits per heavy atom. The molecule has 0 unspecified atom stereocenters. The fraction of sp³-hybridized carbons (Fsp3) is 0.133. The van der Waals surface area contributed by atoms with E-state index in [1.165, 1.54) is 0 Å². The van der Waals surface area contributed by atoms with Crippen molar-refractivity contribution >= 4 is 26.0 Å². The molecule has 0 heterocycles. The Morgan fingerprint density at radius 2 is 1.08 bits per heavy atom. The zero-order valence-electron chi connectivity index (χ0n) is 13.3. The zero-order chi connectivity index (χ0) is 20.0. The molecule has 2 N–H and O–H groups in total. The van der Waals surface area contributed by atoms with Gasteiger partial charge in [0, 0.05) is 11.1 Å². The van der Waals surface area contributed by atoms with Gasteiger partial charge in [0.05, 0.1) is 0 Å². The Hall–Kier alpha value is -2.21. The minimum absolute atomic E-state index is 0.266. The average molecular weight is 406 g/mol. The molecule has 0 amide bonds. The Kier molecular flexibility index (Phi) is 5.03. The monoisotopic (exact) mass is 406 g/mol. The van der Waals surface area contributed by atoms with Gasteiger partial charge in [0.2, 0.25) is 0 Å². The summed E-state index contributed by atoms with van der Waals surface area (Å²) in [4.78, 5) is 10.3. The molecular weight excluding hydrogens is 394 g/mol. The first-order chi connectivity index (χ1) is 11.7. The van der Waals surface area contributed by atoms with Crippen LogP contribution in [-0.4, -0.2) is 31.7 Å². The highest BCUT2D eigenvalue weighted by Crippen LogP contribution is 2.25. The topological polar surface area (TPSA) is 126 Å². The third kappa shape index (κ3) is 3.80. The molecule has 2 aromatic rings. The summed E-state index contributed by atoms with van der Waals surface area (Å²) in [6, 6.07) is 3.12. The van der Waals surface area contributed by atoms with Crippen molar-refractivity contribution in [3.63, 3.8) is 0 Å². The number of hydrogen-bond acceptors (Lipinski definition) is 5. The third-order valence-electron chi connectivity index (χ3n) is 3.52. The van der Waals surface area contributed by atoms with E-state index in [-0.39, 0.29) is 22.3 Å². The molecule has 0 saturated heterocycles. The lowest BCUT2D eigenvalue weighted by Gasteiger charge is -2.10. The van der Waals surface area contributed by atoms with Gasteiger partial charge in [0.15, 0.2) is 5.78 Å². The zero-order valence-corrected chi connectivity index (χ0v) is 15.0. The van der Waals surface area contributed by atoms with Crippen molar-refractivity contribution in [2.45, 2.75) is 23.6 Å². The van der Waals surface area contributed by atoms with Crippen LogP contribution in [0.25, 0.3) is 0 Å². The molecule has 0 atom stereocenters. The van der Waals surface area contributed by atoms with Gasteiger partial charge in [-0.3, -0.25) is 13.9 Å². The number of halogens is 2. The van der Waals surface area contributed by atoms with Gasteiger partial charge in [-0.05, 0) is 49.2 Å². The fourth-order valence-electron chi connectivity index (χ4n) is 2.28. The van der Waals surface area contributed by atoms with Crippen LogP contribution in [0.5, 0.6) is 0 Å². The average Bonchev–Trinajstić information content (AvgIpc) is 2.49. The molecule has 2 rings (SSSR count). The number of aryl methyl sites for hydroxylation is 2. The summed E-state index contributed by atoms with van der Waals surface area (Å²) in [6.07, 6.45) is 0. The molecule has 0 aromatic heterocycles. The lowest BCUT2D eigenvalue weighted by molar-refractivity contribution is 0.103. The van der Waals surface area contributed by atoms with Crippen molar-refractivity contribution in [1.82, 2.24) is 0 Å². The number of carbonyl (C=O) groups is 1. The van der Waals surface area contributed by atoms with Gasteiger partial charge in [0.1, 0.15) is 21.4 Å². The van der Waals surface area contributed by atoms with Crippen molar-refractivity contribution in [2.24, 2.45) is 0 Å². The van der Waals surface area contributed by atoms with Gasteiger partial charge in [0.25, 0.3) is 20.2 Å². The van der Waals surface area contributed by atoms with Crippen molar-refractivity contribution in [2.75, 3.05) is 0 Å². The Morgan fingerprint density at radius 1 is 0.769 bits per heavy atom.